The number of nitrogens with zero attached hydrogens (tertiary/aromatic N) is 1. The highest BCUT2D eigenvalue weighted by atomic mass is 16.1. The van der Waals surface area contributed by atoms with Crippen LogP contribution in [0.1, 0.15) is 26.1 Å². The minimum atomic E-state index is -0.0972. The van der Waals surface area contributed by atoms with Crippen LogP contribution in [0.25, 0.3) is 0 Å². The van der Waals surface area contributed by atoms with Crippen LogP contribution in [0.15, 0.2) is 10.9 Å². The van der Waals surface area contributed by atoms with E-state index in [-0.39, 0.29) is 5.56 Å². The van der Waals surface area contributed by atoms with Crippen molar-refractivity contribution in [2.45, 2.75) is 27.2 Å². The summed E-state index contributed by atoms with van der Waals surface area (Å²) in [6.45, 7) is 7.21. The molecule has 0 radical (unpaired) electrons. The molecule has 2 rings (SSSR count). The van der Waals surface area contributed by atoms with Gasteiger partial charge in [0.05, 0.1) is 0 Å². The van der Waals surface area contributed by atoms with E-state index in [0.717, 1.165) is 6.54 Å². The van der Waals surface area contributed by atoms with Gasteiger partial charge in [0, 0.05) is 12.6 Å². The fourth-order valence-electron chi connectivity index (χ4n) is 1.82. The summed E-state index contributed by atoms with van der Waals surface area (Å²) in [4.78, 5) is 18.0. The van der Waals surface area contributed by atoms with E-state index in [9.17, 15) is 4.79 Å². The molecule has 0 saturated heterocycles. The second kappa shape index (κ2) is 3.36. The van der Waals surface area contributed by atoms with Gasteiger partial charge in [-0.25, -0.2) is 4.98 Å². The van der Waals surface area contributed by atoms with E-state index in [1.165, 1.54) is 12.5 Å². The molecule has 15 heavy (non-hydrogen) atoms. The first-order valence-corrected chi connectivity index (χ1v) is 5.29. The number of aryl methyl sites for hydroxylation is 1. The normalized spacial score (nSPS) is 22.5. The minimum absolute atomic E-state index is 0.0972. The molecule has 1 fully saturated rings. The Morgan fingerprint density at radius 3 is 2.87 bits per heavy atom. The van der Waals surface area contributed by atoms with E-state index in [2.05, 4.69) is 29.1 Å². The monoisotopic (exact) mass is 207 g/mol. The van der Waals surface area contributed by atoms with Gasteiger partial charge in [0.25, 0.3) is 5.56 Å². The topological polar surface area (TPSA) is 57.8 Å². The minimum Gasteiger partial charge on any atom is -0.370 e. The van der Waals surface area contributed by atoms with Crippen molar-refractivity contribution in [3.63, 3.8) is 0 Å². The fraction of sp³-hybridized carbons (Fsp3) is 0.636. The molecule has 2 N–H and O–H groups in total. The van der Waals surface area contributed by atoms with Gasteiger partial charge in [-0.2, -0.15) is 0 Å². The van der Waals surface area contributed by atoms with E-state index in [4.69, 9.17) is 0 Å². The van der Waals surface area contributed by atoms with E-state index in [0.29, 0.717) is 23.0 Å². The quantitative estimate of drug-likeness (QED) is 0.790. The third-order valence-corrected chi connectivity index (χ3v) is 3.11. The van der Waals surface area contributed by atoms with E-state index in [1.807, 2.05) is 0 Å². The van der Waals surface area contributed by atoms with Gasteiger partial charge in [-0.15, -0.1) is 0 Å². The molecule has 4 nitrogen and oxygen atoms in total. The predicted octanol–water partition coefficient (Wildman–Crippen LogP) is 1.54. The SMILES string of the molecule is Cc1nc(NCC2CC2(C)C)cc(=O)[nH]1. The second-order valence-corrected chi connectivity index (χ2v) is 4.99. The van der Waals surface area contributed by atoms with Crippen LogP contribution in [0.5, 0.6) is 0 Å². The first-order valence-electron chi connectivity index (χ1n) is 5.29. The lowest BCUT2D eigenvalue weighted by molar-refractivity contribution is 0.572. The Morgan fingerprint density at radius 2 is 2.33 bits per heavy atom. The Morgan fingerprint density at radius 1 is 1.67 bits per heavy atom. The third-order valence-electron chi connectivity index (χ3n) is 3.11. The Kier molecular flexibility index (Phi) is 2.29. The van der Waals surface area contributed by atoms with E-state index >= 15 is 0 Å². The third kappa shape index (κ3) is 2.37. The summed E-state index contributed by atoms with van der Waals surface area (Å²) in [5, 5.41) is 3.21. The number of aromatic amines is 1. The highest BCUT2D eigenvalue weighted by Crippen LogP contribution is 2.51. The summed E-state index contributed by atoms with van der Waals surface area (Å²) in [7, 11) is 0. The van der Waals surface area contributed by atoms with Crippen molar-refractivity contribution >= 4 is 5.82 Å². The summed E-state index contributed by atoms with van der Waals surface area (Å²) < 4.78 is 0. The van der Waals surface area contributed by atoms with Crippen LogP contribution < -0.4 is 10.9 Å². The lowest BCUT2D eigenvalue weighted by atomic mass is 10.1. The van der Waals surface area contributed by atoms with Gasteiger partial charge < -0.3 is 10.3 Å². The number of aromatic nitrogens is 2. The molecule has 0 spiro atoms. The zero-order chi connectivity index (χ0) is 11.1. The zero-order valence-electron chi connectivity index (χ0n) is 9.42. The van der Waals surface area contributed by atoms with Gasteiger partial charge >= 0.3 is 0 Å². The highest BCUT2D eigenvalue weighted by Gasteiger charge is 2.44. The summed E-state index contributed by atoms with van der Waals surface area (Å²) in [6.07, 6.45) is 1.25. The zero-order valence-corrected chi connectivity index (χ0v) is 9.42. The van der Waals surface area contributed by atoms with Crippen molar-refractivity contribution in [1.29, 1.82) is 0 Å². The average molecular weight is 207 g/mol. The van der Waals surface area contributed by atoms with Crippen molar-refractivity contribution in [2.75, 3.05) is 11.9 Å². The molecule has 1 atom stereocenters. The Hall–Kier alpha value is -1.32. The summed E-state index contributed by atoms with van der Waals surface area (Å²) in [5.74, 6) is 2.04. The highest BCUT2D eigenvalue weighted by molar-refractivity contribution is 5.33. The van der Waals surface area contributed by atoms with Crippen LogP contribution in [-0.4, -0.2) is 16.5 Å². The van der Waals surface area contributed by atoms with Crippen molar-refractivity contribution in [2.24, 2.45) is 11.3 Å². The maximum absolute atomic E-state index is 11.2. The van der Waals surface area contributed by atoms with Crippen LogP contribution >= 0.6 is 0 Å². The van der Waals surface area contributed by atoms with Gasteiger partial charge in [-0.1, -0.05) is 13.8 Å². The molecule has 1 aromatic rings. The second-order valence-electron chi connectivity index (χ2n) is 4.99. The van der Waals surface area contributed by atoms with Gasteiger partial charge in [0.15, 0.2) is 0 Å². The largest absolute Gasteiger partial charge is 0.370 e. The van der Waals surface area contributed by atoms with Crippen molar-refractivity contribution in [3.05, 3.63) is 22.2 Å². The molecule has 1 heterocycles. The molecule has 0 aromatic carbocycles. The molecule has 1 unspecified atom stereocenters. The standard InChI is InChI=1S/C11H17N3O/c1-7-13-9(4-10(15)14-7)12-6-8-5-11(8,2)3/h4,8H,5-6H2,1-3H3,(H2,12,13,14,15). The van der Waals surface area contributed by atoms with Gasteiger partial charge in [-0.3, -0.25) is 4.79 Å². The molecule has 82 valence electrons. The summed E-state index contributed by atoms with van der Waals surface area (Å²) in [6, 6.07) is 1.50. The predicted molar refractivity (Wildman–Crippen MR) is 60.0 cm³/mol. The molecule has 1 saturated carbocycles. The van der Waals surface area contributed by atoms with Gasteiger partial charge in [0.2, 0.25) is 0 Å². The molecule has 0 aliphatic heterocycles. The number of hydrogen-bond acceptors (Lipinski definition) is 3. The summed E-state index contributed by atoms with van der Waals surface area (Å²) in [5.41, 5.74) is 0.364. The van der Waals surface area contributed by atoms with Crippen LogP contribution in [0.4, 0.5) is 5.82 Å². The average Bonchev–Trinajstić information content (AvgIpc) is 2.69. The Bertz CT molecular complexity index is 422. The van der Waals surface area contributed by atoms with E-state index < -0.39 is 0 Å². The number of nitrogens with one attached hydrogen (secondary N) is 2. The Labute approximate surface area is 89.1 Å². The summed E-state index contributed by atoms with van der Waals surface area (Å²) >= 11 is 0. The van der Waals surface area contributed by atoms with Crippen LogP contribution in [0.2, 0.25) is 0 Å². The fourth-order valence-corrected chi connectivity index (χ4v) is 1.82. The first-order chi connectivity index (χ1) is 6.97. The number of rotatable bonds is 3. The molecule has 4 heteroatoms. The van der Waals surface area contributed by atoms with Crippen LogP contribution in [0.3, 0.4) is 0 Å². The number of hydrogen-bond donors (Lipinski definition) is 2. The van der Waals surface area contributed by atoms with Crippen molar-refractivity contribution in [3.8, 4) is 0 Å². The molecule has 1 aliphatic rings. The van der Waals surface area contributed by atoms with Crippen LogP contribution in [0, 0.1) is 18.3 Å². The van der Waals surface area contributed by atoms with Crippen molar-refractivity contribution in [1.82, 2.24) is 9.97 Å². The lowest BCUT2D eigenvalue weighted by Gasteiger charge is -2.06. The number of anilines is 1. The molecule has 0 amide bonds. The lowest BCUT2D eigenvalue weighted by Crippen LogP contribution is -2.14. The first kappa shape index (κ1) is 10.2. The molecule has 0 bridgehead atoms. The molecule has 1 aliphatic carbocycles. The number of H-pyrrole nitrogens is 1. The van der Waals surface area contributed by atoms with Gasteiger partial charge in [0.1, 0.15) is 11.6 Å². The Balaban J connectivity index is 1.97. The molecular weight excluding hydrogens is 190 g/mol. The van der Waals surface area contributed by atoms with Gasteiger partial charge in [-0.05, 0) is 24.7 Å². The molecular formula is C11H17N3O. The van der Waals surface area contributed by atoms with Crippen molar-refractivity contribution < 1.29 is 0 Å². The van der Waals surface area contributed by atoms with Crippen LogP contribution in [-0.2, 0) is 0 Å². The van der Waals surface area contributed by atoms with E-state index in [1.54, 1.807) is 6.92 Å². The maximum Gasteiger partial charge on any atom is 0.252 e. The smallest absolute Gasteiger partial charge is 0.252 e. The maximum atomic E-state index is 11.2. The molecule has 1 aromatic heterocycles.